The van der Waals surface area contributed by atoms with Gasteiger partial charge in [0.25, 0.3) is 0 Å². The van der Waals surface area contributed by atoms with Gasteiger partial charge in [-0.3, -0.25) is 0 Å². The lowest BCUT2D eigenvalue weighted by Gasteiger charge is -2.08. The molecule has 0 radical (unpaired) electrons. The number of hydrogen-bond donors (Lipinski definition) is 1. The quantitative estimate of drug-likeness (QED) is 0.824. The molecule has 5 nitrogen and oxygen atoms in total. The van der Waals surface area contributed by atoms with Gasteiger partial charge in [-0.1, -0.05) is 29.3 Å². The van der Waals surface area contributed by atoms with Crippen molar-refractivity contribution in [1.29, 1.82) is 0 Å². The van der Waals surface area contributed by atoms with Gasteiger partial charge in [-0.05, 0) is 19.1 Å². The fourth-order valence-electron chi connectivity index (χ4n) is 1.51. The predicted molar refractivity (Wildman–Crippen MR) is 63.3 cm³/mol. The summed E-state index contributed by atoms with van der Waals surface area (Å²) >= 11 is 5.56. The first-order valence-electron chi connectivity index (χ1n) is 4.94. The van der Waals surface area contributed by atoms with Crippen LogP contribution in [0.5, 0.6) is 0 Å². The number of carbonyl (C=O) groups is 1. The van der Waals surface area contributed by atoms with E-state index < -0.39 is 32.0 Å². The summed E-state index contributed by atoms with van der Waals surface area (Å²) in [5, 5.41) is 8.81. The molecule has 1 atom stereocenters. The number of rotatable bonds is 2. The summed E-state index contributed by atoms with van der Waals surface area (Å²) < 4.78 is 28.7. The molecule has 1 heterocycles. The van der Waals surface area contributed by atoms with Gasteiger partial charge in [0, 0.05) is 0 Å². The number of hydrogen-bond acceptors (Lipinski definition) is 5. The molecule has 0 saturated heterocycles. The van der Waals surface area contributed by atoms with Gasteiger partial charge in [0.1, 0.15) is 9.94 Å². The zero-order chi connectivity index (χ0) is 13.5. The summed E-state index contributed by atoms with van der Waals surface area (Å²) in [5.74, 6) is -1.05. The van der Waals surface area contributed by atoms with Gasteiger partial charge in [-0.25, -0.2) is 13.2 Å². The molecule has 0 fully saturated rings. The number of halogens is 1. The molecule has 2 rings (SSSR count). The second-order valence-electron chi connectivity index (χ2n) is 3.75. The highest BCUT2D eigenvalue weighted by Gasteiger charge is 2.40. The molecule has 0 amide bonds. The normalized spacial score (nSPS) is 20.2. The summed E-state index contributed by atoms with van der Waals surface area (Å²) in [5.41, 5.74) is 0.883. The minimum Gasteiger partial charge on any atom is -0.426 e. The zero-order valence-electron chi connectivity index (χ0n) is 9.25. The fourth-order valence-corrected chi connectivity index (χ4v) is 3.33. The lowest BCUT2D eigenvalue weighted by Crippen LogP contribution is -2.17. The molecule has 7 heteroatoms. The number of benzene rings is 1. The van der Waals surface area contributed by atoms with E-state index in [2.05, 4.69) is 4.74 Å². The van der Waals surface area contributed by atoms with Crippen LogP contribution in [0.15, 0.2) is 39.1 Å². The molecular weight excluding hydrogens is 280 g/mol. The van der Waals surface area contributed by atoms with Gasteiger partial charge in [0.2, 0.25) is 16.1 Å². The molecule has 1 aromatic carbocycles. The molecular formula is C11H9ClO5S. The minimum absolute atomic E-state index is 0.0569. The molecule has 0 saturated carbocycles. The van der Waals surface area contributed by atoms with Gasteiger partial charge in [-0.15, -0.1) is 0 Å². The highest BCUT2D eigenvalue weighted by Crippen LogP contribution is 2.32. The molecule has 1 aliphatic heterocycles. The van der Waals surface area contributed by atoms with E-state index in [1.807, 2.05) is 0 Å². The summed E-state index contributed by atoms with van der Waals surface area (Å²) in [6.07, 6.45) is -1.85. The van der Waals surface area contributed by atoms with E-state index in [0.29, 0.717) is 0 Å². The Morgan fingerprint density at radius 2 is 1.83 bits per heavy atom. The Kier molecular flexibility index (Phi) is 3.18. The van der Waals surface area contributed by atoms with Crippen LogP contribution >= 0.6 is 11.6 Å². The van der Waals surface area contributed by atoms with Crippen LogP contribution in [-0.4, -0.2) is 25.8 Å². The Hall–Kier alpha value is -1.37. The Morgan fingerprint density at radius 1 is 1.28 bits per heavy atom. The number of carbonyl (C=O) groups excluding carboxylic acids is 1. The Labute approximate surface area is 109 Å². The highest BCUT2D eigenvalue weighted by molar-refractivity contribution is 7.95. The van der Waals surface area contributed by atoms with Crippen molar-refractivity contribution in [2.24, 2.45) is 0 Å². The third-order valence-corrected chi connectivity index (χ3v) is 4.81. The second-order valence-corrected chi connectivity index (χ2v) is 6.05. The Morgan fingerprint density at radius 3 is 2.28 bits per heavy atom. The molecule has 0 aromatic heterocycles. The summed E-state index contributed by atoms with van der Waals surface area (Å²) in [6.45, 7) is 1.81. The molecule has 1 N–H and O–H groups in total. The van der Waals surface area contributed by atoms with Gasteiger partial charge in [0.05, 0.1) is 4.90 Å². The molecule has 1 aliphatic rings. The number of aryl methyl sites for hydroxylation is 1. The van der Waals surface area contributed by atoms with E-state index in [1.54, 1.807) is 19.1 Å². The van der Waals surface area contributed by atoms with Crippen LogP contribution in [-0.2, 0) is 19.4 Å². The SMILES string of the molecule is Cc1ccc(S(=O)(=O)C2=C(Cl)C(=O)OC2O)cc1. The first kappa shape index (κ1) is 13.1. The molecule has 0 bridgehead atoms. The van der Waals surface area contributed by atoms with Crippen molar-refractivity contribution < 1.29 is 23.1 Å². The van der Waals surface area contributed by atoms with Crippen molar-refractivity contribution >= 4 is 27.4 Å². The minimum atomic E-state index is -4.03. The zero-order valence-corrected chi connectivity index (χ0v) is 10.8. The lowest BCUT2D eigenvalue weighted by atomic mass is 10.2. The molecule has 0 aliphatic carbocycles. The van der Waals surface area contributed by atoms with Crippen molar-refractivity contribution in [3.63, 3.8) is 0 Å². The van der Waals surface area contributed by atoms with E-state index in [4.69, 9.17) is 11.6 Å². The van der Waals surface area contributed by atoms with Crippen LogP contribution in [0.4, 0.5) is 0 Å². The van der Waals surface area contributed by atoms with Gasteiger partial charge >= 0.3 is 5.97 Å². The molecule has 1 unspecified atom stereocenters. The summed E-state index contributed by atoms with van der Waals surface area (Å²) in [4.78, 5) is 10.4. The number of cyclic esters (lactones) is 1. The number of aliphatic hydroxyl groups excluding tert-OH is 1. The summed E-state index contributed by atoms with van der Waals surface area (Å²) in [6, 6.07) is 5.95. The third-order valence-electron chi connectivity index (χ3n) is 2.46. The van der Waals surface area contributed by atoms with Crippen LogP contribution in [0.1, 0.15) is 5.56 Å². The standard InChI is InChI=1S/C11H9ClO5S/c1-6-2-4-7(5-3-6)18(15,16)9-8(12)10(13)17-11(9)14/h2-5,11,14H,1H3. The maximum absolute atomic E-state index is 12.2. The number of sulfone groups is 1. The van der Waals surface area contributed by atoms with Gasteiger partial charge < -0.3 is 9.84 Å². The maximum Gasteiger partial charge on any atom is 0.353 e. The Bertz CT molecular complexity index is 630. The highest BCUT2D eigenvalue weighted by atomic mass is 35.5. The third kappa shape index (κ3) is 2.03. The van der Waals surface area contributed by atoms with Crippen molar-refractivity contribution in [2.45, 2.75) is 18.1 Å². The van der Waals surface area contributed by atoms with Crippen molar-refractivity contribution in [3.8, 4) is 0 Å². The fraction of sp³-hybridized carbons (Fsp3) is 0.182. The van der Waals surface area contributed by atoms with Crippen molar-refractivity contribution in [2.75, 3.05) is 0 Å². The Balaban J connectivity index is 2.56. The van der Waals surface area contributed by atoms with Crippen molar-refractivity contribution in [1.82, 2.24) is 0 Å². The largest absolute Gasteiger partial charge is 0.426 e. The van der Waals surface area contributed by atoms with Gasteiger partial charge in [-0.2, -0.15) is 0 Å². The first-order chi connectivity index (χ1) is 8.34. The molecule has 1 aromatic rings. The number of aliphatic hydroxyl groups is 1. The second kappa shape index (κ2) is 4.38. The topological polar surface area (TPSA) is 80.7 Å². The summed E-state index contributed by atoms with van der Waals surface area (Å²) in [7, 11) is -4.03. The van der Waals surface area contributed by atoms with Crippen LogP contribution < -0.4 is 0 Å². The van der Waals surface area contributed by atoms with Crippen LogP contribution in [0.25, 0.3) is 0 Å². The lowest BCUT2D eigenvalue weighted by molar-refractivity contribution is -0.150. The van der Waals surface area contributed by atoms with E-state index >= 15 is 0 Å². The number of esters is 1. The van der Waals surface area contributed by atoms with E-state index in [0.717, 1.165) is 5.56 Å². The predicted octanol–water partition coefficient (Wildman–Crippen LogP) is 1.09. The van der Waals surface area contributed by atoms with Crippen LogP contribution in [0.2, 0.25) is 0 Å². The average molecular weight is 289 g/mol. The van der Waals surface area contributed by atoms with Crippen LogP contribution in [0.3, 0.4) is 0 Å². The molecule has 18 heavy (non-hydrogen) atoms. The van der Waals surface area contributed by atoms with E-state index in [9.17, 15) is 18.3 Å². The maximum atomic E-state index is 12.2. The van der Waals surface area contributed by atoms with Crippen molar-refractivity contribution in [3.05, 3.63) is 39.8 Å². The monoisotopic (exact) mass is 288 g/mol. The van der Waals surface area contributed by atoms with E-state index in [-0.39, 0.29) is 4.90 Å². The van der Waals surface area contributed by atoms with E-state index in [1.165, 1.54) is 12.1 Å². The molecule has 96 valence electrons. The number of ether oxygens (including phenoxy) is 1. The van der Waals surface area contributed by atoms with Crippen LogP contribution in [0, 0.1) is 6.92 Å². The average Bonchev–Trinajstić information content (AvgIpc) is 2.54. The first-order valence-corrected chi connectivity index (χ1v) is 6.80. The van der Waals surface area contributed by atoms with Gasteiger partial charge in [0.15, 0.2) is 0 Å². The molecule has 0 spiro atoms. The smallest absolute Gasteiger partial charge is 0.353 e.